The van der Waals surface area contributed by atoms with Crippen LogP contribution in [0.3, 0.4) is 0 Å². The lowest BCUT2D eigenvalue weighted by Crippen LogP contribution is -2.38. The summed E-state index contributed by atoms with van der Waals surface area (Å²) in [6.45, 7) is 5.41. The van der Waals surface area contributed by atoms with Crippen LogP contribution in [0.5, 0.6) is 0 Å². The number of nitrogens with zero attached hydrogens (tertiary/aromatic N) is 6. The van der Waals surface area contributed by atoms with E-state index in [4.69, 9.17) is 9.72 Å². The molecular weight excluding hydrogens is 414 g/mol. The molecular formula is C23H22F2N6O. The Balaban J connectivity index is 1.62. The molecule has 1 aliphatic rings. The van der Waals surface area contributed by atoms with Crippen molar-refractivity contribution >= 4 is 17.0 Å². The van der Waals surface area contributed by atoms with E-state index in [1.807, 2.05) is 27.1 Å². The van der Waals surface area contributed by atoms with Crippen LogP contribution >= 0.6 is 0 Å². The predicted octanol–water partition coefficient (Wildman–Crippen LogP) is 3.90. The lowest BCUT2D eigenvalue weighted by molar-refractivity contribution is 0.0395. The maximum absolute atomic E-state index is 14.8. The first kappa shape index (κ1) is 20.4. The molecule has 3 aromatic heterocycles. The Hall–Kier alpha value is -3.46. The van der Waals surface area contributed by atoms with Crippen LogP contribution in [-0.4, -0.2) is 44.4 Å². The smallest absolute Gasteiger partial charge is 0.181 e. The van der Waals surface area contributed by atoms with Crippen molar-refractivity contribution in [2.45, 2.75) is 20.0 Å². The summed E-state index contributed by atoms with van der Waals surface area (Å²) in [5, 5.41) is 4.23. The summed E-state index contributed by atoms with van der Waals surface area (Å²) in [6.07, 6.45) is 3.56. The zero-order valence-electron chi connectivity index (χ0n) is 18.0. The number of aromatic nitrogens is 5. The number of pyridine rings is 1. The Morgan fingerprint density at radius 2 is 1.84 bits per heavy atom. The average molecular weight is 436 g/mol. The number of anilines is 1. The van der Waals surface area contributed by atoms with Crippen LogP contribution in [0.25, 0.3) is 22.3 Å². The van der Waals surface area contributed by atoms with Gasteiger partial charge in [0.05, 0.1) is 24.2 Å². The van der Waals surface area contributed by atoms with Gasteiger partial charge in [-0.15, -0.1) is 0 Å². The number of benzene rings is 1. The van der Waals surface area contributed by atoms with Gasteiger partial charge in [-0.3, -0.25) is 4.68 Å². The Bertz CT molecular complexity index is 1320. The number of aryl methyl sites for hydroxylation is 3. The molecule has 0 aliphatic carbocycles. The molecule has 0 radical (unpaired) electrons. The van der Waals surface area contributed by atoms with Gasteiger partial charge in [0.1, 0.15) is 29.1 Å². The maximum atomic E-state index is 14.8. The van der Waals surface area contributed by atoms with Crippen molar-refractivity contribution < 1.29 is 13.5 Å². The molecule has 1 atom stereocenters. The zero-order valence-corrected chi connectivity index (χ0v) is 18.0. The molecule has 9 heteroatoms. The van der Waals surface area contributed by atoms with Crippen LogP contribution in [0.4, 0.5) is 14.6 Å². The third-order valence-electron chi connectivity index (χ3n) is 5.75. The van der Waals surface area contributed by atoms with Gasteiger partial charge in [0.2, 0.25) is 0 Å². The monoisotopic (exact) mass is 436 g/mol. The second-order valence-corrected chi connectivity index (χ2v) is 7.97. The molecule has 4 heterocycles. The van der Waals surface area contributed by atoms with Crippen molar-refractivity contribution in [3.05, 3.63) is 65.2 Å². The number of hydrogen-bond acceptors (Lipinski definition) is 6. The van der Waals surface area contributed by atoms with Crippen molar-refractivity contribution in [2.24, 2.45) is 7.05 Å². The number of ether oxygens (including phenoxy) is 1. The van der Waals surface area contributed by atoms with Crippen LogP contribution in [0.1, 0.15) is 23.1 Å². The van der Waals surface area contributed by atoms with E-state index in [0.717, 1.165) is 23.0 Å². The molecule has 1 aliphatic heterocycles. The van der Waals surface area contributed by atoms with Gasteiger partial charge in [0, 0.05) is 49.1 Å². The van der Waals surface area contributed by atoms with E-state index in [-0.39, 0.29) is 11.7 Å². The van der Waals surface area contributed by atoms with E-state index < -0.39 is 11.6 Å². The number of rotatable bonds is 3. The van der Waals surface area contributed by atoms with Crippen molar-refractivity contribution in [1.82, 2.24) is 24.7 Å². The molecule has 1 unspecified atom stereocenters. The molecule has 7 nitrogen and oxygen atoms in total. The van der Waals surface area contributed by atoms with E-state index in [2.05, 4.69) is 20.0 Å². The SMILES string of the molecule is Cc1nc2nc(N3CCOC(c4cnn(C)c4)C3)cc(-c3ccc(F)cc3F)c2nc1C. The number of fused-ring (bicyclic) bond motifs is 1. The van der Waals surface area contributed by atoms with Crippen molar-refractivity contribution in [2.75, 3.05) is 24.6 Å². The largest absolute Gasteiger partial charge is 0.370 e. The Morgan fingerprint density at radius 3 is 2.59 bits per heavy atom. The molecule has 0 spiro atoms. The van der Waals surface area contributed by atoms with Gasteiger partial charge in [-0.25, -0.2) is 23.7 Å². The first-order valence-corrected chi connectivity index (χ1v) is 10.4. The van der Waals surface area contributed by atoms with Crippen LogP contribution in [0.15, 0.2) is 36.7 Å². The van der Waals surface area contributed by atoms with E-state index >= 15 is 0 Å². The normalized spacial score (nSPS) is 16.7. The fourth-order valence-corrected chi connectivity index (χ4v) is 3.93. The van der Waals surface area contributed by atoms with Gasteiger partial charge >= 0.3 is 0 Å². The third-order valence-corrected chi connectivity index (χ3v) is 5.75. The predicted molar refractivity (Wildman–Crippen MR) is 116 cm³/mol. The van der Waals surface area contributed by atoms with Gasteiger partial charge < -0.3 is 9.64 Å². The number of halogens is 2. The van der Waals surface area contributed by atoms with Crippen LogP contribution < -0.4 is 4.90 Å². The van der Waals surface area contributed by atoms with Gasteiger partial charge in [0.15, 0.2) is 5.65 Å². The van der Waals surface area contributed by atoms with Gasteiger partial charge in [-0.2, -0.15) is 5.10 Å². The number of hydrogen-bond donors (Lipinski definition) is 0. The highest BCUT2D eigenvalue weighted by Gasteiger charge is 2.26. The minimum atomic E-state index is -0.654. The summed E-state index contributed by atoms with van der Waals surface area (Å²) in [5.74, 6) is -0.639. The Morgan fingerprint density at radius 1 is 1.03 bits per heavy atom. The molecule has 0 amide bonds. The summed E-state index contributed by atoms with van der Waals surface area (Å²) in [4.78, 5) is 16.1. The van der Waals surface area contributed by atoms with Crippen molar-refractivity contribution in [3.8, 4) is 11.1 Å². The minimum Gasteiger partial charge on any atom is -0.370 e. The summed E-state index contributed by atoms with van der Waals surface area (Å²) in [5.41, 5.74) is 4.17. The molecule has 164 valence electrons. The first-order chi connectivity index (χ1) is 15.4. The second-order valence-electron chi connectivity index (χ2n) is 7.97. The molecule has 32 heavy (non-hydrogen) atoms. The molecule has 0 bridgehead atoms. The Labute approximate surface area is 183 Å². The summed E-state index contributed by atoms with van der Waals surface area (Å²) >= 11 is 0. The van der Waals surface area contributed by atoms with Gasteiger partial charge in [0.25, 0.3) is 0 Å². The van der Waals surface area contributed by atoms with Crippen molar-refractivity contribution in [1.29, 1.82) is 0 Å². The van der Waals surface area contributed by atoms with Crippen LogP contribution in [0.2, 0.25) is 0 Å². The molecule has 5 rings (SSSR count). The highest BCUT2D eigenvalue weighted by Crippen LogP contribution is 2.34. The lowest BCUT2D eigenvalue weighted by Gasteiger charge is -2.33. The van der Waals surface area contributed by atoms with E-state index in [1.54, 1.807) is 16.9 Å². The van der Waals surface area contributed by atoms with E-state index in [0.29, 0.717) is 42.2 Å². The Kier molecular flexibility index (Phi) is 5.05. The fraction of sp³-hybridized carbons (Fsp3) is 0.304. The molecule has 0 N–H and O–H groups in total. The zero-order chi connectivity index (χ0) is 22.4. The standard InChI is InChI=1S/C23H22F2N6O/c1-13-14(2)28-23-22(27-13)18(17-5-4-16(24)8-19(17)25)9-21(29-23)31-6-7-32-20(12-31)15-10-26-30(3)11-15/h4-5,8-11,20H,6-7,12H2,1-3H3. The molecule has 0 saturated carbocycles. The van der Waals surface area contributed by atoms with E-state index in [1.165, 1.54) is 12.1 Å². The quantitative estimate of drug-likeness (QED) is 0.485. The fourth-order valence-electron chi connectivity index (χ4n) is 3.93. The second kappa shape index (κ2) is 7.90. The number of morpholine rings is 1. The average Bonchev–Trinajstić information content (AvgIpc) is 3.21. The van der Waals surface area contributed by atoms with Gasteiger partial charge in [-0.05, 0) is 32.0 Å². The van der Waals surface area contributed by atoms with Gasteiger partial charge in [-0.1, -0.05) is 0 Å². The molecule has 1 fully saturated rings. The molecule has 4 aromatic rings. The minimum absolute atomic E-state index is 0.160. The van der Waals surface area contributed by atoms with Crippen LogP contribution in [0, 0.1) is 25.5 Å². The van der Waals surface area contributed by atoms with E-state index in [9.17, 15) is 8.78 Å². The molecule has 1 saturated heterocycles. The highest BCUT2D eigenvalue weighted by molar-refractivity contribution is 5.91. The van der Waals surface area contributed by atoms with Crippen molar-refractivity contribution in [3.63, 3.8) is 0 Å². The third kappa shape index (κ3) is 3.69. The summed E-state index contributed by atoms with van der Waals surface area (Å²) in [7, 11) is 1.86. The summed E-state index contributed by atoms with van der Waals surface area (Å²) < 4.78 is 36.0. The summed E-state index contributed by atoms with van der Waals surface area (Å²) in [6, 6.07) is 5.35. The molecule has 1 aromatic carbocycles. The topological polar surface area (TPSA) is 69.0 Å². The maximum Gasteiger partial charge on any atom is 0.181 e. The lowest BCUT2D eigenvalue weighted by atomic mass is 10.0. The highest BCUT2D eigenvalue weighted by atomic mass is 19.1. The first-order valence-electron chi connectivity index (χ1n) is 10.4. The van der Waals surface area contributed by atoms with Crippen LogP contribution in [-0.2, 0) is 11.8 Å².